The summed E-state index contributed by atoms with van der Waals surface area (Å²) in [6.45, 7) is 2.21. The molecule has 7 heteroatoms. The molecule has 1 amide bonds. The normalized spacial score (nSPS) is 16.1. The van der Waals surface area contributed by atoms with Gasteiger partial charge in [-0.25, -0.2) is 12.8 Å². The number of carbonyl (C=O) groups excluding carboxylic acids is 1. The number of rotatable bonds is 3. The lowest BCUT2D eigenvalue weighted by Gasteiger charge is -2.26. The van der Waals surface area contributed by atoms with Gasteiger partial charge in [0, 0.05) is 18.7 Å². The molecule has 0 unspecified atom stereocenters. The van der Waals surface area contributed by atoms with Gasteiger partial charge in [0.25, 0.3) is 10.0 Å². The Hall–Kier alpha value is -2.41. The van der Waals surface area contributed by atoms with Gasteiger partial charge in [0.15, 0.2) is 0 Å². The Morgan fingerprint density at radius 2 is 1.80 bits per heavy atom. The van der Waals surface area contributed by atoms with Gasteiger partial charge in [0.05, 0.1) is 10.6 Å². The van der Waals surface area contributed by atoms with Crippen molar-refractivity contribution in [3.63, 3.8) is 0 Å². The second kappa shape index (κ2) is 5.56. The van der Waals surface area contributed by atoms with Crippen molar-refractivity contribution in [3.05, 3.63) is 52.8 Å². The molecule has 0 aromatic heterocycles. The summed E-state index contributed by atoms with van der Waals surface area (Å²) in [6, 6.07) is 7.18. The number of sulfonamides is 1. The highest BCUT2D eigenvalue weighted by Gasteiger charge is 2.32. The van der Waals surface area contributed by atoms with E-state index in [0.717, 1.165) is 29.3 Å². The summed E-state index contributed by atoms with van der Waals surface area (Å²) < 4.78 is 41.2. The molecule has 4 rings (SSSR count). The van der Waals surface area contributed by atoms with E-state index in [2.05, 4.69) is 4.72 Å². The third-order valence-corrected chi connectivity index (χ3v) is 6.27. The number of anilines is 2. The molecule has 5 nitrogen and oxygen atoms in total. The molecule has 0 spiro atoms. The minimum atomic E-state index is -3.81. The van der Waals surface area contributed by atoms with E-state index in [-0.39, 0.29) is 10.8 Å². The fourth-order valence-electron chi connectivity index (χ4n) is 3.64. The molecule has 0 saturated heterocycles. The van der Waals surface area contributed by atoms with E-state index in [9.17, 15) is 17.6 Å². The molecule has 2 heterocycles. The Kier molecular flexibility index (Phi) is 3.57. The van der Waals surface area contributed by atoms with Gasteiger partial charge in [-0.2, -0.15) is 0 Å². The van der Waals surface area contributed by atoms with Crippen LogP contribution in [0.5, 0.6) is 0 Å². The van der Waals surface area contributed by atoms with Gasteiger partial charge in [0.2, 0.25) is 5.91 Å². The molecule has 2 aliphatic rings. The van der Waals surface area contributed by atoms with E-state index >= 15 is 0 Å². The number of carbonyl (C=O) groups is 1. The Morgan fingerprint density at radius 1 is 1.08 bits per heavy atom. The predicted octanol–water partition coefficient (Wildman–Crippen LogP) is 2.77. The first-order chi connectivity index (χ1) is 11.8. The minimum Gasteiger partial charge on any atom is -0.312 e. The van der Waals surface area contributed by atoms with Gasteiger partial charge >= 0.3 is 0 Å². The molecule has 1 N–H and O–H groups in total. The van der Waals surface area contributed by atoms with Crippen LogP contribution in [0.1, 0.15) is 23.1 Å². The molecule has 0 radical (unpaired) electrons. The lowest BCUT2D eigenvalue weighted by Crippen LogP contribution is -2.32. The molecule has 0 bridgehead atoms. The molecule has 25 heavy (non-hydrogen) atoms. The number of aryl methyl sites for hydroxylation is 2. The van der Waals surface area contributed by atoms with Gasteiger partial charge in [-0.1, -0.05) is 0 Å². The molecular formula is C18H17FN2O3S. The first kappa shape index (κ1) is 16.1. The molecule has 0 fully saturated rings. The average Bonchev–Trinajstić information content (AvgIpc) is 2.95. The van der Waals surface area contributed by atoms with Crippen LogP contribution in [0, 0.1) is 12.7 Å². The van der Waals surface area contributed by atoms with Crippen LogP contribution in [0.2, 0.25) is 0 Å². The Labute approximate surface area is 145 Å². The zero-order valence-electron chi connectivity index (χ0n) is 13.7. The molecule has 0 aliphatic carbocycles. The molecule has 2 aromatic rings. The largest absolute Gasteiger partial charge is 0.312 e. The van der Waals surface area contributed by atoms with Crippen LogP contribution in [0.25, 0.3) is 0 Å². The lowest BCUT2D eigenvalue weighted by molar-refractivity contribution is -0.118. The predicted molar refractivity (Wildman–Crippen MR) is 92.8 cm³/mol. The summed E-state index contributed by atoms with van der Waals surface area (Å²) >= 11 is 0. The van der Waals surface area contributed by atoms with Crippen LogP contribution >= 0.6 is 0 Å². The van der Waals surface area contributed by atoms with Crippen molar-refractivity contribution in [2.75, 3.05) is 16.2 Å². The van der Waals surface area contributed by atoms with Crippen molar-refractivity contribution in [2.45, 2.75) is 31.1 Å². The molecule has 130 valence electrons. The maximum Gasteiger partial charge on any atom is 0.262 e. The Balaban J connectivity index is 1.71. The van der Waals surface area contributed by atoms with E-state index in [1.807, 2.05) is 0 Å². The van der Waals surface area contributed by atoms with Crippen LogP contribution in [0.4, 0.5) is 15.8 Å². The topological polar surface area (TPSA) is 66.5 Å². The first-order valence-corrected chi connectivity index (χ1v) is 9.58. The van der Waals surface area contributed by atoms with E-state index < -0.39 is 15.8 Å². The smallest absolute Gasteiger partial charge is 0.262 e. The standard InChI is InChI=1S/C18H17FN2O3S/c1-11-8-14(19)3-4-16(11)25(23,24)20-15-9-12-2-5-17(22)21-7-6-13(10-15)18(12)21/h3-4,8-10,20H,2,5-7H2,1H3. The van der Waals surface area contributed by atoms with E-state index in [1.165, 1.54) is 12.1 Å². The van der Waals surface area contributed by atoms with Crippen molar-refractivity contribution in [1.29, 1.82) is 0 Å². The first-order valence-electron chi connectivity index (χ1n) is 8.10. The number of halogens is 1. The highest BCUT2D eigenvalue weighted by atomic mass is 32.2. The van der Waals surface area contributed by atoms with Crippen LogP contribution < -0.4 is 9.62 Å². The third kappa shape index (κ3) is 2.68. The number of amides is 1. The van der Waals surface area contributed by atoms with Gasteiger partial charge in [-0.3, -0.25) is 9.52 Å². The SMILES string of the molecule is Cc1cc(F)ccc1S(=O)(=O)Nc1cc2c3c(c1)CCN3C(=O)CC2. The third-order valence-electron chi connectivity index (χ3n) is 4.73. The van der Waals surface area contributed by atoms with Crippen LogP contribution in [-0.4, -0.2) is 20.9 Å². The number of hydrogen-bond donors (Lipinski definition) is 1. The zero-order valence-corrected chi connectivity index (χ0v) is 14.5. The minimum absolute atomic E-state index is 0.0554. The Bertz CT molecular complexity index is 1000. The Morgan fingerprint density at radius 3 is 2.52 bits per heavy atom. The van der Waals surface area contributed by atoms with Gasteiger partial charge < -0.3 is 4.90 Å². The summed E-state index contributed by atoms with van der Waals surface area (Å²) in [4.78, 5) is 13.8. The summed E-state index contributed by atoms with van der Waals surface area (Å²) in [7, 11) is -3.81. The second-order valence-electron chi connectivity index (χ2n) is 6.45. The molecule has 2 aromatic carbocycles. The fraction of sp³-hybridized carbons (Fsp3) is 0.278. The van der Waals surface area contributed by atoms with Crippen LogP contribution in [0.3, 0.4) is 0 Å². The van der Waals surface area contributed by atoms with Crippen LogP contribution in [-0.2, 0) is 27.7 Å². The van der Waals surface area contributed by atoms with Gasteiger partial charge in [0.1, 0.15) is 5.82 Å². The van der Waals surface area contributed by atoms with Crippen molar-refractivity contribution in [3.8, 4) is 0 Å². The fourth-order valence-corrected chi connectivity index (χ4v) is 4.91. The second-order valence-corrected chi connectivity index (χ2v) is 8.10. The van der Waals surface area contributed by atoms with E-state index in [1.54, 1.807) is 24.0 Å². The lowest BCUT2D eigenvalue weighted by atomic mass is 9.99. The maximum atomic E-state index is 13.2. The van der Waals surface area contributed by atoms with Crippen molar-refractivity contribution >= 4 is 27.3 Å². The quantitative estimate of drug-likeness (QED) is 0.915. The molecule has 2 aliphatic heterocycles. The molecular weight excluding hydrogens is 343 g/mol. The maximum absolute atomic E-state index is 13.2. The van der Waals surface area contributed by atoms with Crippen molar-refractivity contribution < 1.29 is 17.6 Å². The highest BCUT2D eigenvalue weighted by molar-refractivity contribution is 7.92. The number of hydrogen-bond acceptors (Lipinski definition) is 3. The number of nitrogens with zero attached hydrogens (tertiary/aromatic N) is 1. The number of nitrogens with one attached hydrogen (secondary N) is 1. The van der Waals surface area contributed by atoms with Gasteiger partial charge in [-0.05, 0) is 66.8 Å². The van der Waals surface area contributed by atoms with Crippen molar-refractivity contribution in [2.24, 2.45) is 0 Å². The van der Waals surface area contributed by atoms with Crippen molar-refractivity contribution in [1.82, 2.24) is 0 Å². The average molecular weight is 360 g/mol. The molecule has 0 saturated carbocycles. The van der Waals surface area contributed by atoms with Crippen LogP contribution in [0.15, 0.2) is 35.2 Å². The van der Waals surface area contributed by atoms with Gasteiger partial charge in [-0.15, -0.1) is 0 Å². The van der Waals surface area contributed by atoms with E-state index in [4.69, 9.17) is 0 Å². The highest BCUT2D eigenvalue weighted by Crippen LogP contribution is 2.39. The summed E-state index contributed by atoms with van der Waals surface area (Å²) in [5, 5.41) is 0. The summed E-state index contributed by atoms with van der Waals surface area (Å²) in [6.07, 6.45) is 1.78. The molecule has 0 atom stereocenters. The van der Waals surface area contributed by atoms with E-state index in [0.29, 0.717) is 30.6 Å². The zero-order chi connectivity index (χ0) is 17.8. The monoisotopic (exact) mass is 360 g/mol. The summed E-state index contributed by atoms with van der Waals surface area (Å²) in [5.74, 6) is -0.343. The number of benzene rings is 2. The summed E-state index contributed by atoms with van der Waals surface area (Å²) in [5.41, 5.74) is 3.75.